The number of benzene rings is 4. The Morgan fingerprint density at radius 1 is 0.944 bits per heavy atom. The molecular formula is C30H22ClFO3S. The summed E-state index contributed by atoms with van der Waals surface area (Å²) in [5.41, 5.74) is 5.83. The maximum Gasteiger partial charge on any atom is 0.306 e. The Balaban J connectivity index is 1.27. The number of aryl methyl sites for hydroxylation is 1. The largest absolute Gasteiger partial charge is 0.465 e. The Morgan fingerprint density at radius 3 is 2.33 bits per heavy atom. The first-order valence-electron chi connectivity index (χ1n) is 11.6. The third kappa shape index (κ3) is 4.95. The predicted octanol–water partition coefficient (Wildman–Crippen LogP) is 7.73. The van der Waals surface area contributed by atoms with Crippen LogP contribution in [-0.2, 0) is 16.0 Å². The number of aldehydes is 1. The van der Waals surface area contributed by atoms with Crippen molar-refractivity contribution in [3.05, 3.63) is 118 Å². The van der Waals surface area contributed by atoms with E-state index in [1.807, 2.05) is 36.4 Å². The highest BCUT2D eigenvalue weighted by Gasteiger charge is 2.29. The van der Waals surface area contributed by atoms with E-state index in [0.29, 0.717) is 22.6 Å². The average Bonchev–Trinajstić information content (AvgIpc) is 3.22. The smallest absolute Gasteiger partial charge is 0.306 e. The molecule has 0 unspecified atom stereocenters. The van der Waals surface area contributed by atoms with Crippen molar-refractivity contribution in [2.24, 2.45) is 0 Å². The zero-order valence-electron chi connectivity index (χ0n) is 19.2. The van der Waals surface area contributed by atoms with Gasteiger partial charge in [0.15, 0.2) is 6.29 Å². The van der Waals surface area contributed by atoms with E-state index < -0.39 is 5.82 Å². The number of halogens is 2. The van der Waals surface area contributed by atoms with Gasteiger partial charge in [-0.1, -0.05) is 84.0 Å². The highest BCUT2D eigenvalue weighted by molar-refractivity contribution is 7.99. The Bertz CT molecular complexity index is 1410. The molecule has 4 aromatic rings. The summed E-state index contributed by atoms with van der Waals surface area (Å²) >= 11 is 7.75. The Labute approximate surface area is 218 Å². The maximum absolute atomic E-state index is 13.5. The zero-order valence-corrected chi connectivity index (χ0v) is 20.8. The fraction of sp³-hybridized carbons (Fsp3) is 0.133. The SMILES string of the molecule is O=Cc1cc(F)ccc1Sc1c(Cl)cccc1CCC(=O)OCC1c2ccccc2-c2ccccc21. The van der Waals surface area contributed by atoms with Gasteiger partial charge in [0.05, 0.1) is 5.02 Å². The van der Waals surface area contributed by atoms with E-state index in [1.165, 1.54) is 46.1 Å². The van der Waals surface area contributed by atoms with E-state index in [0.717, 1.165) is 10.5 Å². The molecule has 5 rings (SSSR count). The van der Waals surface area contributed by atoms with E-state index in [2.05, 4.69) is 24.3 Å². The van der Waals surface area contributed by atoms with Crippen LogP contribution < -0.4 is 0 Å². The molecule has 0 N–H and O–H groups in total. The molecule has 0 aliphatic heterocycles. The topological polar surface area (TPSA) is 43.4 Å². The van der Waals surface area contributed by atoms with Crippen LogP contribution in [0.15, 0.2) is 94.7 Å². The minimum absolute atomic E-state index is 0.0128. The van der Waals surface area contributed by atoms with Crippen molar-refractivity contribution in [3.63, 3.8) is 0 Å². The van der Waals surface area contributed by atoms with E-state index in [-0.39, 0.29) is 30.5 Å². The fourth-order valence-corrected chi connectivity index (χ4v) is 5.96. The lowest BCUT2D eigenvalue weighted by molar-refractivity contribution is -0.143. The van der Waals surface area contributed by atoms with Gasteiger partial charge in [-0.3, -0.25) is 9.59 Å². The first kappa shape index (κ1) is 24.3. The Hall–Kier alpha value is -3.41. The fourth-order valence-electron chi connectivity index (χ4n) is 4.60. The van der Waals surface area contributed by atoms with Gasteiger partial charge in [0.25, 0.3) is 0 Å². The van der Waals surface area contributed by atoms with Gasteiger partial charge in [-0.05, 0) is 58.5 Å². The monoisotopic (exact) mass is 516 g/mol. The molecule has 0 amide bonds. The van der Waals surface area contributed by atoms with Crippen LogP contribution in [-0.4, -0.2) is 18.9 Å². The van der Waals surface area contributed by atoms with Gasteiger partial charge < -0.3 is 4.74 Å². The molecule has 0 aromatic heterocycles. The van der Waals surface area contributed by atoms with Crippen LogP contribution in [0, 0.1) is 5.82 Å². The number of rotatable bonds is 8. The lowest BCUT2D eigenvalue weighted by Gasteiger charge is -2.15. The van der Waals surface area contributed by atoms with Crippen molar-refractivity contribution in [2.75, 3.05) is 6.61 Å². The number of esters is 1. The number of hydrogen-bond acceptors (Lipinski definition) is 4. The van der Waals surface area contributed by atoms with Gasteiger partial charge in [-0.2, -0.15) is 0 Å². The van der Waals surface area contributed by atoms with E-state index in [4.69, 9.17) is 16.3 Å². The summed E-state index contributed by atoms with van der Waals surface area (Å²) in [7, 11) is 0. The molecule has 0 spiro atoms. The second-order valence-corrected chi connectivity index (χ2v) is 10.00. The van der Waals surface area contributed by atoms with Crippen molar-refractivity contribution < 1.29 is 18.7 Å². The molecule has 0 heterocycles. The van der Waals surface area contributed by atoms with Crippen LogP contribution in [0.1, 0.15) is 39.4 Å². The van der Waals surface area contributed by atoms with Crippen LogP contribution in [0.2, 0.25) is 5.02 Å². The van der Waals surface area contributed by atoms with Crippen LogP contribution >= 0.6 is 23.4 Å². The third-order valence-electron chi connectivity index (χ3n) is 6.33. The number of ether oxygens (including phenoxy) is 1. The summed E-state index contributed by atoms with van der Waals surface area (Å²) < 4.78 is 19.3. The molecule has 1 aliphatic carbocycles. The molecule has 0 bridgehead atoms. The molecule has 1 aliphatic rings. The normalized spacial score (nSPS) is 12.2. The minimum atomic E-state index is -0.476. The van der Waals surface area contributed by atoms with Crippen LogP contribution in [0.5, 0.6) is 0 Å². The summed E-state index contributed by atoms with van der Waals surface area (Å²) in [5.74, 6) is -0.752. The van der Waals surface area contributed by atoms with Crippen molar-refractivity contribution in [1.82, 2.24) is 0 Å². The van der Waals surface area contributed by atoms with Crippen LogP contribution in [0.3, 0.4) is 0 Å². The number of carbonyl (C=O) groups is 2. The lowest BCUT2D eigenvalue weighted by atomic mass is 9.98. The number of hydrogen-bond donors (Lipinski definition) is 0. The van der Waals surface area contributed by atoms with E-state index in [1.54, 1.807) is 12.1 Å². The van der Waals surface area contributed by atoms with E-state index >= 15 is 0 Å². The zero-order chi connectivity index (χ0) is 25.1. The summed E-state index contributed by atoms with van der Waals surface area (Å²) in [6.07, 6.45) is 1.24. The van der Waals surface area contributed by atoms with Crippen LogP contribution in [0.4, 0.5) is 4.39 Å². The first-order chi connectivity index (χ1) is 17.5. The van der Waals surface area contributed by atoms with Gasteiger partial charge in [0.1, 0.15) is 12.4 Å². The Kier molecular flexibility index (Phi) is 7.21. The van der Waals surface area contributed by atoms with Crippen molar-refractivity contribution in [2.45, 2.75) is 28.6 Å². The second-order valence-electron chi connectivity index (χ2n) is 8.54. The summed E-state index contributed by atoms with van der Waals surface area (Å²) in [6.45, 7) is 0.280. The van der Waals surface area contributed by atoms with Gasteiger partial charge in [-0.25, -0.2) is 4.39 Å². The molecule has 6 heteroatoms. The summed E-state index contributed by atoms with van der Waals surface area (Å²) in [5, 5.41) is 0.506. The van der Waals surface area contributed by atoms with Crippen molar-refractivity contribution in [3.8, 4) is 11.1 Å². The molecule has 3 nitrogen and oxygen atoms in total. The van der Waals surface area contributed by atoms with E-state index in [9.17, 15) is 14.0 Å². The quantitative estimate of drug-likeness (QED) is 0.177. The molecule has 0 saturated heterocycles. The first-order valence-corrected chi connectivity index (χ1v) is 12.8. The van der Waals surface area contributed by atoms with Crippen LogP contribution in [0.25, 0.3) is 11.1 Å². The van der Waals surface area contributed by atoms with Gasteiger partial charge in [0, 0.05) is 27.7 Å². The number of carbonyl (C=O) groups excluding carboxylic acids is 2. The third-order valence-corrected chi connectivity index (χ3v) is 8.04. The number of fused-ring (bicyclic) bond motifs is 3. The molecule has 0 radical (unpaired) electrons. The van der Waals surface area contributed by atoms with Gasteiger partial charge >= 0.3 is 5.97 Å². The summed E-state index contributed by atoms with van der Waals surface area (Å²) in [4.78, 5) is 25.5. The lowest BCUT2D eigenvalue weighted by Crippen LogP contribution is -2.13. The molecule has 0 fully saturated rings. The molecular weight excluding hydrogens is 495 g/mol. The van der Waals surface area contributed by atoms with Gasteiger partial charge in [0.2, 0.25) is 0 Å². The second kappa shape index (κ2) is 10.7. The van der Waals surface area contributed by atoms with Crippen molar-refractivity contribution in [1.29, 1.82) is 0 Å². The molecule has 36 heavy (non-hydrogen) atoms. The molecule has 4 aromatic carbocycles. The highest BCUT2D eigenvalue weighted by Crippen LogP contribution is 2.44. The standard InChI is InChI=1S/C30H22ClFO3S/c31-27-11-5-6-19(30(27)36-28-14-13-21(32)16-20(28)17-33)12-15-29(34)35-18-26-24-9-3-1-7-22(24)23-8-2-4-10-25(23)26/h1-11,13-14,16-17,26H,12,15,18H2. The molecule has 180 valence electrons. The average molecular weight is 517 g/mol. The summed E-state index contributed by atoms with van der Waals surface area (Å²) in [6, 6.07) is 26.0. The maximum atomic E-state index is 13.5. The predicted molar refractivity (Wildman–Crippen MR) is 140 cm³/mol. The molecule has 0 atom stereocenters. The highest BCUT2D eigenvalue weighted by atomic mass is 35.5. The Morgan fingerprint density at radius 2 is 1.64 bits per heavy atom. The molecule has 0 saturated carbocycles. The van der Waals surface area contributed by atoms with Crippen molar-refractivity contribution >= 4 is 35.6 Å². The van der Waals surface area contributed by atoms with Gasteiger partial charge in [-0.15, -0.1) is 0 Å². The minimum Gasteiger partial charge on any atom is -0.465 e.